The van der Waals surface area contributed by atoms with E-state index in [0.717, 1.165) is 6.07 Å². The van der Waals surface area contributed by atoms with Gasteiger partial charge in [-0.3, -0.25) is 4.79 Å². The molecule has 0 heterocycles. The summed E-state index contributed by atoms with van der Waals surface area (Å²) in [6, 6.07) is 12.4. The summed E-state index contributed by atoms with van der Waals surface area (Å²) in [5.74, 6) is -0.709. The van der Waals surface area contributed by atoms with E-state index in [1.807, 2.05) is 6.07 Å². The van der Waals surface area contributed by atoms with Crippen molar-refractivity contribution in [1.82, 2.24) is 0 Å². The van der Waals surface area contributed by atoms with Crippen molar-refractivity contribution in [3.63, 3.8) is 0 Å². The Bertz CT molecular complexity index is 713. The average Bonchev–Trinajstić information content (AvgIpc) is 2.49. The summed E-state index contributed by atoms with van der Waals surface area (Å²) in [4.78, 5) is 11.8. The van der Waals surface area contributed by atoms with Crippen LogP contribution in [0.3, 0.4) is 0 Å². The van der Waals surface area contributed by atoms with Gasteiger partial charge in [-0.25, -0.2) is 4.39 Å². The first kappa shape index (κ1) is 14.8. The first-order valence-corrected chi connectivity index (χ1v) is 6.35. The SMILES string of the molecule is N#Cc1ccccc1NC(=O)COc1ccc(F)c(Cl)c1. The van der Waals surface area contributed by atoms with E-state index in [-0.39, 0.29) is 17.4 Å². The van der Waals surface area contributed by atoms with Crippen molar-refractivity contribution in [3.05, 3.63) is 58.9 Å². The molecular formula is C15H10ClFN2O2. The molecule has 0 aliphatic heterocycles. The Morgan fingerprint density at radius 3 is 2.81 bits per heavy atom. The molecule has 0 unspecified atom stereocenters. The van der Waals surface area contributed by atoms with E-state index in [0.29, 0.717) is 11.3 Å². The molecule has 0 saturated heterocycles. The first-order valence-electron chi connectivity index (χ1n) is 5.97. The highest BCUT2D eigenvalue weighted by atomic mass is 35.5. The summed E-state index contributed by atoms with van der Waals surface area (Å²) in [5.41, 5.74) is 0.765. The van der Waals surface area contributed by atoms with Crippen LogP contribution in [0.4, 0.5) is 10.1 Å². The van der Waals surface area contributed by atoms with Crippen molar-refractivity contribution in [2.24, 2.45) is 0 Å². The number of nitrogens with one attached hydrogen (secondary N) is 1. The quantitative estimate of drug-likeness (QED) is 0.942. The Hall–Kier alpha value is -2.58. The van der Waals surface area contributed by atoms with Gasteiger partial charge in [0.1, 0.15) is 17.6 Å². The van der Waals surface area contributed by atoms with Crippen LogP contribution in [-0.4, -0.2) is 12.5 Å². The molecule has 4 nitrogen and oxygen atoms in total. The molecule has 21 heavy (non-hydrogen) atoms. The lowest BCUT2D eigenvalue weighted by molar-refractivity contribution is -0.118. The summed E-state index contributed by atoms with van der Waals surface area (Å²) in [6.45, 7) is -0.276. The minimum Gasteiger partial charge on any atom is -0.484 e. The van der Waals surface area contributed by atoms with E-state index in [9.17, 15) is 9.18 Å². The van der Waals surface area contributed by atoms with Crippen molar-refractivity contribution in [2.75, 3.05) is 11.9 Å². The molecular weight excluding hydrogens is 295 g/mol. The highest BCUT2D eigenvalue weighted by Gasteiger charge is 2.08. The monoisotopic (exact) mass is 304 g/mol. The lowest BCUT2D eigenvalue weighted by Crippen LogP contribution is -2.20. The minimum atomic E-state index is -0.559. The van der Waals surface area contributed by atoms with Gasteiger partial charge in [-0.1, -0.05) is 23.7 Å². The molecule has 0 fully saturated rings. The van der Waals surface area contributed by atoms with Gasteiger partial charge in [0, 0.05) is 6.07 Å². The molecule has 1 amide bonds. The molecule has 2 aromatic carbocycles. The van der Waals surface area contributed by atoms with E-state index in [2.05, 4.69) is 5.32 Å². The Kier molecular flexibility index (Phi) is 4.75. The zero-order chi connectivity index (χ0) is 15.2. The molecule has 0 aromatic heterocycles. The van der Waals surface area contributed by atoms with E-state index < -0.39 is 11.7 Å². The number of hydrogen-bond acceptors (Lipinski definition) is 3. The second-order valence-corrected chi connectivity index (χ2v) is 4.48. The molecule has 0 radical (unpaired) electrons. The normalized spacial score (nSPS) is 9.76. The number of nitrogens with zero attached hydrogens (tertiary/aromatic N) is 1. The molecule has 106 valence electrons. The molecule has 0 aliphatic carbocycles. The van der Waals surface area contributed by atoms with Crippen LogP contribution in [0.15, 0.2) is 42.5 Å². The molecule has 2 rings (SSSR count). The van der Waals surface area contributed by atoms with Crippen LogP contribution in [0.5, 0.6) is 5.75 Å². The Morgan fingerprint density at radius 2 is 2.10 bits per heavy atom. The van der Waals surface area contributed by atoms with Crippen LogP contribution in [0.1, 0.15) is 5.56 Å². The summed E-state index contributed by atoms with van der Waals surface area (Å²) in [5, 5.41) is 11.4. The molecule has 0 aliphatic rings. The van der Waals surface area contributed by atoms with Crippen LogP contribution in [0, 0.1) is 17.1 Å². The van der Waals surface area contributed by atoms with Crippen molar-refractivity contribution < 1.29 is 13.9 Å². The zero-order valence-corrected chi connectivity index (χ0v) is 11.5. The molecule has 1 N–H and O–H groups in total. The third-order valence-electron chi connectivity index (χ3n) is 2.58. The van der Waals surface area contributed by atoms with E-state index in [1.165, 1.54) is 12.1 Å². The van der Waals surface area contributed by atoms with E-state index in [4.69, 9.17) is 21.6 Å². The number of halogens is 2. The van der Waals surface area contributed by atoms with Gasteiger partial charge in [-0.05, 0) is 24.3 Å². The second kappa shape index (κ2) is 6.73. The van der Waals surface area contributed by atoms with Gasteiger partial charge >= 0.3 is 0 Å². The predicted octanol–water partition coefficient (Wildman–Crippen LogP) is 3.37. The van der Waals surface area contributed by atoms with Gasteiger partial charge < -0.3 is 10.1 Å². The summed E-state index contributed by atoms with van der Waals surface area (Å²) in [7, 11) is 0. The number of para-hydroxylation sites is 1. The van der Waals surface area contributed by atoms with Gasteiger partial charge in [0.05, 0.1) is 16.3 Å². The minimum absolute atomic E-state index is 0.0808. The van der Waals surface area contributed by atoms with Crippen LogP contribution < -0.4 is 10.1 Å². The van der Waals surface area contributed by atoms with E-state index >= 15 is 0 Å². The molecule has 0 saturated carbocycles. The number of ether oxygens (including phenoxy) is 1. The van der Waals surface area contributed by atoms with Crippen LogP contribution in [0.25, 0.3) is 0 Å². The van der Waals surface area contributed by atoms with Gasteiger partial charge in [-0.15, -0.1) is 0 Å². The summed E-state index contributed by atoms with van der Waals surface area (Å²) < 4.78 is 18.2. The number of carbonyl (C=O) groups excluding carboxylic acids is 1. The van der Waals surface area contributed by atoms with Crippen LogP contribution >= 0.6 is 11.6 Å². The van der Waals surface area contributed by atoms with Crippen molar-refractivity contribution in [3.8, 4) is 11.8 Å². The fourth-order valence-corrected chi connectivity index (χ4v) is 1.76. The van der Waals surface area contributed by atoms with Crippen molar-refractivity contribution in [1.29, 1.82) is 5.26 Å². The smallest absolute Gasteiger partial charge is 0.262 e. The number of rotatable bonds is 4. The Balaban J connectivity index is 1.96. The molecule has 6 heteroatoms. The van der Waals surface area contributed by atoms with Crippen molar-refractivity contribution >= 4 is 23.2 Å². The zero-order valence-electron chi connectivity index (χ0n) is 10.8. The third-order valence-corrected chi connectivity index (χ3v) is 2.87. The number of hydrogen-bond donors (Lipinski definition) is 1. The fourth-order valence-electron chi connectivity index (χ4n) is 1.59. The highest BCUT2D eigenvalue weighted by molar-refractivity contribution is 6.30. The molecule has 2 aromatic rings. The topological polar surface area (TPSA) is 62.1 Å². The predicted molar refractivity (Wildman–Crippen MR) is 76.7 cm³/mol. The molecule has 0 atom stereocenters. The fraction of sp³-hybridized carbons (Fsp3) is 0.0667. The summed E-state index contributed by atoms with van der Waals surface area (Å²) >= 11 is 5.61. The molecule has 0 bridgehead atoms. The first-order chi connectivity index (χ1) is 10.1. The maximum Gasteiger partial charge on any atom is 0.262 e. The number of carbonyl (C=O) groups is 1. The standard InChI is InChI=1S/C15H10ClFN2O2/c16-12-7-11(5-6-13(12)17)21-9-15(20)19-14-4-2-1-3-10(14)8-18/h1-7H,9H2,(H,19,20). The third kappa shape index (κ3) is 3.94. The lowest BCUT2D eigenvalue weighted by atomic mass is 10.2. The number of nitriles is 1. The van der Waals surface area contributed by atoms with Gasteiger partial charge in [0.2, 0.25) is 0 Å². The Morgan fingerprint density at radius 1 is 1.33 bits per heavy atom. The Labute approximate surface area is 125 Å². The van der Waals surface area contributed by atoms with Crippen LogP contribution in [-0.2, 0) is 4.79 Å². The van der Waals surface area contributed by atoms with Gasteiger partial charge in [0.15, 0.2) is 6.61 Å². The van der Waals surface area contributed by atoms with Gasteiger partial charge in [0.25, 0.3) is 5.91 Å². The van der Waals surface area contributed by atoms with Gasteiger partial charge in [-0.2, -0.15) is 5.26 Å². The second-order valence-electron chi connectivity index (χ2n) is 4.07. The largest absolute Gasteiger partial charge is 0.484 e. The molecule has 0 spiro atoms. The highest BCUT2D eigenvalue weighted by Crippen LogP contribution is 2.21. The van der Waals surface area contributed by atoms with E-state index in [1.54, 1.807) is 24.3 Å². The lowest BCUT2D eigenvalue weighted by Gasteiger charge is -2.08. The maximum atomic E-state index is 13.0. The average molecular weight is 305 g/mol. The number of amides is 1. The number of anilines is 1. The van der Waals surface area contributed by atoms with Crippen LogP contribution in [0.2, 0.25) is 5.02 Å². The van der Waals surface area contributed by atoms with Crippen molar-refractivity contribution in [2.45, 2.75) is 0 Å². The summed E-state index contributed by atoms with van der Waals surface area (Å²) in [6.07, 6.45) is 0. The maximum absolute atomic E-state index is 13.0. The number of benzene rings is 2.